The van der Waals surface area contributed by atoms with Crippen molar-refractivity contribution in [2.75, 3.05) is 26.1 Å². The average Bonchev–Trinajstić information content (AvgIpc) is 2.68. The number of esters is 1. The number of carbonyl (C=O) groups is 2. The standard InChI is InChI=1S/C20H23NO6/c1-14(27-19(22)11-12-26-16-7-5-4-6-8-16)20(23)21-15-9-10-17(24-2)18(13-15)25-3/h4-10,13-14H,11-12H2,1-3H3,(H,21,23)/t14-/m0/s1. The summed E-state index contributed by atoms with van der Waals surface area (Å²) in [4.78, 5) is 24.1. The number of hydrogen-bond acceptors (Lipinski definition) is 6. The van der Waals surface area contributed by atoms with Crippen LogP contribution in [0.1, 0.15) is 13.3 Å². The number of ether oxygens (including phenoxy) is 4. The van der Waals surface area contributed by atoms with Gasteiger partial charge in [-0.25, -0.2) is 0 Å². The number of nitrogens with one attached hydrogen (secondary N) is 1. The van der Waals surface area contributed by atoms with Gasteiger partial charge in [-0.1, -0.05) is 18.2 Å². The highest BCUT2D eigenvalue weighted by atomic mass is 16.6. The van der Waals surface area contributed by atoms with Crippen molar-refractivity contribution in [2.24, 2.45) is 0 Å². The van der Waals surface area contributed by atoms with Gasteiger partial charge in [-0.2, -0.15) is 0 Å². The molecular formula is C20H23NO6. The van der Waals surface area contributed by atoms with Crippen LogP contribution in [0.5, 0.6) is 17.2 Å². The summed E-state index contributed by atoms with van der Waals surface area (Å²) in [6.07, 6.45) is -0.898. The molecule has 0 fully saturated rings. The van der Waals surface area contributed by atoms with Gasteiger partial charge >= 0.3 is 5.97 Å². The molecule has 0 heterocycles. The van der Waals surface area contributed by atoms with Crippen LogP contribution < -0.4 is 19.5 Å². The van der Waals surface area contributed by atoms with Crippen molar-refractivity contribution in [3.8, 4) is 17.2 Å². The van der Waals surface area contributed by atoms with Gasteiger partial charge in [-0.3, -0.25) is 9.59 Å². The fourth-order valence-electron chi connectivity index (χ4n) is 2.24. The lowest BCUT2D eigenvalue weighted by atomic mass is 10.2. The fraction of sp³-hybridized carbons (Fsp3) is 0.300. The summed E-state index contributed by atoms with van der Waals surface area (Å²) in [6, 6.07) is 14.1. The number of rotatable bonds is 9. The molecule has 0 aliphatic carbocycles. The Balaban J connectivity index is 1.80. The Bertz CT molecular complexity index is 762. The number of benzene rings is 2. The van der Waals surface area contributed by atoms with Crippen LogP contribution in [0.4, 0.5) is 5.69 Å². The van der Waals surface area contributed by atoms with Crippen LogP contribution in [0.3, 0.4) is 0 Å². The molecule has 0 radical (unpaired) electrons. The highest BCUT2D eigenvalue weighted by Gasteiger charge is 2.18. The fourth-order valence-corrected chi connectivity index (χ4v) is 2.24. The second kappa shape index (κ2) is 10.1. The minimum atomic E-state index is -0.942. The normalized spacial score (nSPS) is 11.2. The molecule has 144 valence electrons. The number of hydrogen-bond donors (Lipinski definition) is 1. The van der Waals surface area contributed by atoms with E-state index in [2.05, 4.69) is 5.32 Å². The summed E-state index contributed by atoms with van der Waals surface area (Å²) in [6.45, 7) is 1.68. The van der Waals surface area contributed by atoms with Crippen LogP contribution >= 0.6 is 0 Å². The average molecular weight is 373 g/mol. The van der Waals surface area contributed by atoms with Crippen molar-refractivity contribution in [1.29, 1.82) is 0 Å². The van der Waals surface area contributed by atoms with Gasteiger partial charge in [0.05, 0.1) is 27.2 Å². The number of methoxy groups -OCH3 is 2. The minimum Gasteiger partial charge on any atom is -0.493 e. The minimum absolute atomic E-state index is 0.0445. The summed E-state index contributed by atoms with van der Waals surface area (Å²) >= 11 is 0. The maximum atomic E-state index is 12.2. The lowest BCUT2D eigenvalue weighted by Gasteiger charge is -2.15. The van der Waals surface area contributed by atoms with E-state index >= 15 is 0 Å². The Hall–Kier alpha value is -3.22. The summed E-state index contributed by atoms with van der Waals surface area (Å²) in [5.74, 6) is 0.747. The van der Waals surface area contributed by atoms with E-state index in [0.717, 1.165) is 0 Å². The van der Waals surface area contributed by atoms with Gasteiger partial charge in [0.25, 0.3) is 5.91 Å². The molecule has 1 N–H and O–H groups in total. The van der Waals surface area contributed by atoms with Crippen molar-refractivity contribution in [2.45, 2.75) is 19.4 Å². The quantitative estimate of drug-likeness (QED) is 0.680. The molecule has 0 saturated carbocycles. The molecule has 0 unspecified atom stereocenters. The van der Waals surface area contributed by atoms with Crippen LogP contribution in [0.15, 0.2) is 48.5 Å². The molecule has 0 saturated heterocycles. The molecule has 0 bridgehead atoms. The van der Waals surface area contributed by atoms with Crippen molar-refractivity contribution in [3.63, 3.8) is 0 Å². The Morgan fingerprint density at radius 2 is 1.70 bits per heavy atom. The molecule has 0 aromatic heterocycles. The zero-order valence-corrected chi connectivity index (χ0v) is 15.6. The number of anilines is 1. The van der Waals surface area contributed by atoms with Gasteiger partial charge < -0.3 is 24.3 Å². The van der Waals surface area contributed by atoms with E-state index in [1.165, 1.54) is 21.1 Å². The lowest BCUT2D eigenvalue weighted by molar-refractivity contribution is -0.153. The molecule has 2 aromatic carbocycles. The first-order chi connectivity index (χ1) is 13.0. The molecule has 0 aliphatic rings. The second-order valence-corrected chi connectivity index (χ2v) is 5.60. The van der Waals surface area contributed by atoms with Gasteiger partial charge in [0.1, 0.15) is 5.75 Å². The Morgan fingerprint density at radius 3 is 2.37 bits per heavy atom. The molecule has 2 aromatic rings. The first-order valence-electron chi connectivity index (χ1n) is 8.43. The van der Waals surface area contributed by atoms with E-state index in [0.29, 0.717) is 22.9 Å². The van der Waals surface area contributed by atoms with E-state index in [4.69, 9.17) is 18.9 Å². The number of amides is 1. The predicted octanol–water partition coefficient (Wildman–Crippen LogP) is 3.04. The van der Waals surface area contributed by atoms with E-state index in [-0.39, 0.29) is 13.0 Å². The molecule has 27 heavy (non-hydrogen) atoms. The molecular weight excluding hydrogens is 350 g/mol. The van der Waals surface area contributed by atoms with Crippen LogP contribution in [0.25, 0.3) is 0 Å². The second-order valence-electron chi connectivity index (χ2n) is 5.60. The van der Waals surface area contributed by atoms with E-state index in [1.807, 2.05) is 18.2 Å². The third kappa shape index (κ3) is 6.22. The Labute approximate surface area is 158 Å². The van der Waals surface area contributed by atoms with Gasteiger partial charge in [0.2, 0.25) is 0 Å². The first kappa shape index (κ1) is 20.1. The highest BCUT2D eigenvalue weighted by Crippen LogP contribution is 2.29. The van der Waals surface area contributed by atoms with Crippen molar-refractivity contribution in [1.82, 2.24) is 0 Å². The van der Waals surface area contributed by atoms with Crippen molar-refractivity contribution >= 4 is 17.6 Å². The number of para-hydroxylation sites is 1. The maximum absolute atomic E-state index is 12.2. The van der Waals surface area contributed by atoms with Crippen molar-refractivity contribution < 1.29 is 28.5 Å². The van der Waals surface area contributed by atoms with Gasteiger partial charge in [-0.05, 0) is 31.2 Å². The predicted molar refractivity (Wildman–Crippen MR) is 100 cm³/mol. The molecule has 0 spiro atoms. The summed E-state index contributed by atoms with van der Waals surface area (Å²) < 4.78 is 20.9. The summed E-state index contributed by atoms with van der Waals surface area (Å²) in [7, 11) is 3.03. The molecule has 1 amide bonds. The third-order valence-corrected chi connectivity index (χ3v) is 3.65. The molecule has 1 atom stereocenters. The maximum Gasteiger partial charge on any atom is 0.310 e. The molecule has 7 nitrogen and oxygen atoms in total. The van der Waals surface area contributed by atoms with E-state index in [1.54, 1.807) is 30.3 Å². The van der Waals surface area contributed by atoms with Crippen LogP contribution in [-0.4, -0.2) is 38.8 Å². The van der Waals surface area contributed by atoms with Crippen LogP contribution in [0.2, 0.25) is 0 Å². The smallest absolute Gasteiger partial charge is 0.310 e. The van der Waals surface area contributed by atoms with E-state index in [9.17, 15) is 9.59 Å². The Kier molecular flexibility index (Phi) is 7.49. The highest BCUT2D eigenvalue weighted by molar-refractivity contribution is 5.95. The number of carbonyl (C=O) groups excluding carboxylic acids is 2. The lowest BCUT2D eigenvalue weighted by Crippen LogP contribution is -2.30. The van der Waals surface area contributed by atoms with Gasteiger partial charge in [-0.15, -0.1) is 0 Å². The van der Waals surface area contributed by atoms with Crippen LogP contribution in [-0.2, 0) is 14.3 Å². The summed E-state index contributed by atoms with van der Waals surface area (Å²) in [5, 5.41) is 2.67. The zero-order valence-electron chi connectivity index (χ0n) is 15.6. The topological polar surface area (TPSA) is 83.1 Å². The Morgan fingerprint density at radius 1 is 1.00 bits per heavy atom. The van der Waals surface area contributed by atoms with Crippen LogP contribution in [0, 0.1) is 0 Å². The van der Waals surface area contributed by atoms with E-state index < -0.39 is 18.0 Å². The van der Waals surface area contributed by atoms with Gasteiger partial charge in [0, 0.05) is 11.8 Å². The first-order valence-corrected chi connectivity index (χ1v) is 8.43. The SMILES string of the molecule is COc1ccc(NC(=O)[C@H](C)OC(=O)CCOc2ccccc2)cc1OC. The van der Waals surface area contributed by atoms with Crippen molar-refractivity contribution in [3.05, 3.63) is 48.5 Å². The van der Waals surface area contributed by atoms with Gasteiger partial charge in [0.15, 0.2) is 17.6 Å². The third-order valence-electron chi connectivity index (χ3n) is 3.65. The molecule has 7 heteroatoms. The monoisotopic (exact) mass is 373 g/mol. The zero-order chi connectivity index (χ0) is 19.6. The summed E-state index contributed by atoms with van der Waals surface area (Å²) in [5.41, 5.74) is 0.507. The largest absolute Gasteiger partial charge is 0.493 e. The molecule has 0 aliphatic heterocycles. The molecule has 2 rings (SSSR count).